The lowest BCUT2D eigenvalue weighted by Gasteiger charge is -2.30. The Labute approximate surface area is 104 Å². The van der Waals surface area contributed by atoms with Crippen molar-refractivity contribution in [2.24, 2.45) is 11.7 Å². The van der Waals surface area contributed by atoms with Crippen LogP contribution in [-0.2, 0) is 11.3 Å². The van der Waals surface area contributed by atoms with E-state index < -0.39 is 5.97 Å². The van der Waals surface area contributed by atoms with Gasteiger partial charge in [-0.3, -0.25) is 9.69 Å². The van der Waals surface area contributed by atoms with Gasteiger partial charge in [-0.15, -0.1) is 0 Å². The second kappa shape index (κ2) is 5.22. The Hall–Kier alpha value is -1.82. The number of furan rings is 1. The number of hydrogen-bond acceptors (Lipinski definition) is 4. The van der Waals surface area contributed by atoms with Crippen LogP contribution in [0.4, 0.5) is 0 Å². The number of piperidine rings is 1. The molecule has 0 spiro atoms. The van der Waals surface area contributed by atoms with E-state index in [2.05, 4.69) is 4.90 Å². The van der Waals surface area contributed by atoms with Crippen molar-refractivity contribution in [3.8, 4) is 0 Å². The zero-order chi connectivity index (χ0) is 13.1. The maximum atomic E-state index is 11.1. The van der Waals surface area contributed by atoms with Crippen LogP contribution in [0.5, 0.6) is 0 Å². The summed E-state index contributed by atoms with van der Waals surface area (Å²) in [6, 6.07) is 3.09. The van der Waals surface area contributed by atoms with Gasteiger partial charge >= 0.3 is 5.97 Å². The first-order chi connectivity index (χ1) is 8.56. The number of carboxylic acid groups (broad SMARTS) is 1. The van der Waals surface area contributed by atoms with Gasteiger partial charge in [0.05, 0.1) is 12.5 Å². The summed E-state index contributed by atoms with van der Waals surface area (Å²) in [6.45, 7) is 1.99. The molecule has 1 aliphatic heterocycles. The Morgan fingerprint density at radius 3 is 2.89 bits per heavy atom. The molecule has 1 aliphatic rings. The number of carbonyl (C=O) groups is 2. The number of hydrogen-bond donors (Lipinski definition) is 2. The first-order valence-electron chi connectivity index (χ1n) is 5.90. The molecule has 1 aromatic heterocycles. The molecule has 2 rings (SSSR count). The number of primary amides is 1. The molecule has 1 saturated heterocycles. The van der Waals surface area contributed by atoms with Crippen LogP contribution in [0.25, 0.3) is 0 Å². The highest BCUT2D eigenvalue weighted by Crippen LogP contribution is 2.19. The molecular formula is C12H16N2O4. The summed E-state index contributed by atoms with van der Waals surface area (Å²) < 4.78 is 5.19. The molecule has 6 nitrogen and oxygen atoms in total. The Morgan fingerprint density at radius 2 is 2.28 bits per heavy atom. The molecule has 1 atom stereocenters. The largest absolute Gasteiger partial charge is 0.475 e. The monoisotopic (exact) mass is 252 g/mol. The predicted molar refractivity (Wildman–Crippen MR) is 62.9 cm³/mol. The molecule has 18 heavy (non-hydrogen) atoms. The average Bonchev–Trinajstić information content (AvgIpc) is 2.78. The number of amides is 1. The van der Waals surface area contributed by atoms with E-state index in [1.54, 1.807) is 6.07 Å². The van der Waals surface area contributed by atoms with Crippen LogP contribution >= 0.6 is 0 Å². The Bertz CT molecular complexity index is 455. The zero-order valence-electron chi connectivity index (χ0n) is 9.96. The first kappa shape index (κ1) is 12.6. The maximum absolute atomic E-state index is 11.1. The van der Waals surface area contributed by atoms with Crippen LogP contribution in [0.1, 0.15) is 29.2 Å². The van der Waals surface area contributed by atoms with E-state index in [0.29, 0.717) is 18.8 Å². The molecule has 2 heterocycles. The SMILES string of the molecule is NC(=O)C1CCCN(Cc2ccc(C(=O)O)o2)C1. The minimum absolute atomic E-state index is 0.0616. The first-order valence-corrected chi connectivity index (χ1v) is 5.90. The van der Waals surface area contributed by atoms with Gasteiger partial charge in [-0.1, -0.05) is 0 Å². The molecule has 3 N–H and O–H groups in total. The van der Waals surface area contributed by atoms with Crippen molar-refractivity contribution < 1.29 is 19.1 Å². The minimum atomic E-state index is -1.07. The number of nitrogens with two attached hydrogens (primary N) is 1. The summed E-state index contributed by atoms with van der Waals surface area (Å²) in [6.07, 6.45) is 1.74. The van der Waals surface area contributed by atoms with Crippen LogP contribution in [0.2, 0.25) is 0 Å². The van der Waals surface area contributed by atoms with Gasteiger partial charge in [-0.05, 0) is 31.5 Å². The fourth-order valence-electron chi connectivity index (χ4n) is 2.23. The van der Waals surface area contributed by atoms with Gasteiger partial charge in [0.1, 0.15) is 5.76 Å². The summed E-state index contributed by atoms with van der Waals surface area (Å²) in [7, 11) is 0. The lowest BCUT2D eigenvalue weighted by atomic mass is 9.97. The van der Waals surface area contributed by atoms with Crippen molar-refractivity contribution in [1.29, 1.82) is 0 Å². The molecule has 98 valence electrons. The van der Waals surface area contributed by atoms with E-state index in [-0.39, 0.29) is 17.6 Å². The number of carbonyl (C=O) groups excluding carboxylic acids is 1. The fourth-order valence-corrected chi connectivity index (χ4v) is 2.23. The Kier molecular flexibility index (Phi) is 3.66. The van der Waals surface area contributed by atoms with Crippen molar-refractivity contribution in [3.63, 3.8) is 0 Å². The molecule has 1 fully saturated rings. The summed E-state index contributed by atoms with van der Waals surface area (Å²) in [4.78, 5) is 23.9. The van der Waals surface area contributed by atoms with E-state index >= 15 is 0 Å². The van der Waals surface area contributed by atoms with E-state index in [1.807, 2.05) is 0 Å². The van der Waals surface area contributed by atoms with Crippen molar-refractivity contribution in [2.45, 2.75) is 19.4 Å². The van der Waals surface area contributed by atoms with Crippen LogP contribution in [0.3, 0.4) is 0 Å². The maximum Gasteiger partial charge on any atom is 0.371 e. The summed E-state index contributed by atoms with van der Waals surface area (Å²) in [5.41, 5.74) is 5.30. The number of rotatable bonds is 4. The van der Waals surface area contributed by atoms with E-state index in [4.69, 9.17) is 15.3 Å². The third kappa shape index (κ3) is 2.89. The number of aromatic carboxylic acids is 1. The van der Waals surface area contributed by atoms with E-state index in [1.165, 1.54) is 6.07 Å². The molecule has 0 radical (unpaired) electrons. The quantitative estimate of drug-likeness (QED) is 0.821. The van der Waals surface area contributed by atoms with Gasteiger partial charge in [-0.2, -0.15) is 0 Å². The van der Waals surface area contributed by atoms with Gasteiger partial charge in [-0.25, -0.2) is 4.79 Å². The smallest absolute Gasteiger partial charge is 0.371 e. The van der Waals surface area contributed by atoms with Crippen molar-refractivity contribution >= 4 is 11.9 Å². The predicted octanol–water partition coefficient (Wildman–Crippen LogP) is 0.675. The minimum Gasteiger partial charge on any atom is -0.475 e. The Morgan fingerprint density at radius 1 is 1.50 bits per heavy atom. The van der Waals surface area contributed by atoms with Gasteiger partial charge in [0, 0.05) is 6.54 Å². The van der Waals surface area contributed by atoms with Crippen LogP contribution < -0.4 is 5.73 Å². The molecule has 6 heteroatoms. The third-order valence-electron chi connectivity index (χ3n) is 3.16. The zero-order valence-corrected chi connectivity index (χ0v) is 9.96. The van der Waals surface area contributed by atoms with Gasteiger partial charge in [0.15, 0.2) is 0 Å². The molecule has 0 aliphatic carbocycles. The molecule has 0 aromatic carbocycles. The molecule has 0 saturated carbocycles. The van der Waals surface area contributed by atoms with Crippen LogP contribution in [0, 0.1) is 5.92 Å². The molecule has 1 aromatic rings. The highest BCUT2D eigenvalue weighted by Gasteiger charge is 2.24. The molecule has 1 unspecified atom stereocenters. The molecular weight excluding hydrogens is 236 g/mol. The summed E-state index contributed by atoms with van der Waals surface area (Å²) in [5, 5.41) is 8.75. The summed E-state index contributed by atoms with van der Waals surface area (Å²) in [5.74, 6) is -0.932. The van der Waals surface area contributed by atoms with E-state index in [9.17, 15) is 9.59 Å². The standard InChI is InChI=1S/C12H16N2O4/c13-11(15)8-2-1-5-14(6-8)7-9-3-4-10(18-9)12(16)17/h3-4,8H,1-2,5-7H2,(H2,13,15)(H,16,17). The second-order valence-electron chi connectivity index (χ2n) is 4.55. The van der Waals surface area contributed by atoms with Crippen LogP contribution in [0.15, 0.2) is 16.5 Å². The number of carboxylic acids is 1. The normalized spacial score (nSPS) is 20.8. The second-order valence-corrected chi connectivity index (χ2v) is 4.55. The van der Waals surface area contributed by atoms with E-state index in [0.717, 1.165) is 19.4 Å². The van der Waals surface area contributed by atoms with Crippen molar-refractivity contribution in [1.82, 2.24) is 4.90 Å². The lowest BCUT2D eigenvalue weighted by Crippen LogP contribution is -2.40. The molecule has 1 amide bonds. The highest BCUT2D eigenvalue weighted by molar-refractivity contribution is 5.84. The van der Waals surface area contributed by atoms with Gasteiger partial charge in [0.25, 0.3) is 0 Å². The topological polar surface area (TPSA) is 96.8 Å². The number of likely N-dealkylation sites (tertiary alicyclic amines) is 1. The fraction of sp³-hybridized carbons (Fsp3) is 0.500. The number of nitrogens with zero attached hydrogens (tertiary/aromatic N) is 1. The third-order valence-corrected chi connectivity index (χ3v) is 3.16. The Balaban J connectivity index is 1.96. The lowest BCUT2D eigenvalue weighted by molar-refractivity contribution is -0.123. The van der Waals surface area contributed by atoms with Gasteiger partial charge < -0.3 is 15.3 Å². The van der Waals surface area contributed by atoms with Gasteiger partial charge in [0.2, 0.25) is 11.7 Å². The van der Waals surface area contributed by atoms with Crippen molar-refractivity contribution in [2.75, 3.05) is 13.1 Å². The van der Waals surface area contributed by atoms with Crippen molar-refractivity contribution in [3.05, 3.63) is 23.7 Å². The summed E-state index contributed by atoms with van der Waals surface area (Å²) >= 11 is 0. The molecule has 0 bridgehead atoms. The highest BCUT2D eigenvalue weighted by atomic mass is 16.4. The average molecular weight is 252 g/mol. The van der Waals surface area contributed by atoms with Crippen LogP contribution in [-0.4, -0.2) is 35.0 Å².